The zero-order valence-electron chi connectivity index (χ0n) is 13.2. The van der Waals surface area contributed by atoms with Crippen molar-refractivity contribution in [1.29, 1.82) is 0 Å². The molecule has 1 aromatic rings. The summed E-state index contributed by atoms with van der Waals surface area (Å²) in [6.45, 7) is 5.70. The third-order valence-corrected chi connectivity index (χ3v) is 5.22. The predicted molar refractivity (Wildman–Crippen MR) is 88.7 cm³/mol. The van der Waals surface area contributed by atoms with Crippen molar-refractivity contribution in [2.75, 3.05) is 26.3 Å². The maximum atomic E-state index is 12.9. The van der Waals surface area contributed by atoms with Gasteiger partial charge in [0.15, 0.2) is 5.78 Å². The molecule has 4 heteroatoms. The molecule has 3 rings (SSSR count). The molecule has 0 bridgehead atoms. The van der Waals surface area contributed by atoms with Crippen molar-refractivity contribution in [2.45, 2.75) is 38.6 Å². The van der Waals surface area contributed by atoms with Crippen molar-refractivity contribution in [3.63, 3.8) is 0 Å². The number of halogens is 1. The molecule has 0 N–H and O–H groups in total. The van der Waals surface area contributed by atoms with Gasteiger partial charge >= 0.3 is 0 Å². The van der Waals surface area contributed by atoms with Crippen molar-refractivity contribution in [2.24, 2.45) is 5.92 Å². The number of ether oxygens (including phenoxy) is 1. The number of hydrogen-bond donors (Lipinski definition) is 0. The molecular formula is C18H24ClNO2. The molecule has 0 unspecified atom stereocenters. The zero-order chi connectivity index (χ0) is 15.5. The fourth-order valence-electron chi connectivity index (χ4n) is 3.73. The second-order valence-corrected chi connectivity index (χ2v) is 6.94. The van der Waals surface area contributed by atoms with Crippen LogP contribution < -0.4 is 0 Å². The number of piperidine rings is 1. The monoisotopic (exact) mass is 321 g/mol. The van der Waals surface area contributed by atoms with Crippen LogP contribution in [0.3, 0.4) is 0 Å². The molecule has 2 aliphatic heterocycles. The van der Waals surface area contributed by atoms with Gasteiger partial charge in [-0.25, -0.2) is 0 Å². The van der Waals surface area contributed by atoms with Crippen LogP contribution in [0.4, 0.5) is 0 Å². The number of hydrogen-bond acceptors (Lipinski definition) is 3. The van der Waals surface area contributed by atoms with Gasteiger partial charge in [0.2, 0.25) is 0 Å². The molecule has 1 aromatic carbocycles. The average molecular weight is 322 g/mol. The summed E-state index contributed by atoms with van der Waals surface area (Å²) in [7, 11) is 0. The summed E-state index contributed by atoms with van der Waals surface area (Å²) in [5.41, 5.74) is 1.82. The van der Waals surface area contributed by atoms with Gasteiger partial charge in [0.25, 0.3) is 0 Å². The van der Waals surface area contributed by atoms with Crippen LogP contribution in [0.25, 0.3) is 0 Å². The predicted octanol–water partition coefficient (Wildman–Crippen LogP) is 3.72. The summed E-state index contributed by atoms with van der Waals surface area (Å²) >= 11 is 6.00. The third-order valence-electron chi connectivity index (χ3n) is 4.98. The van der Waals surface area contributed by atoms with Crippen LogP contribution in [0.5, 0.6) is 0 Å². The van der Waals surface area contributed by atoms with Crippen LogP contribution in [0.15, 0.2) is 18.2 Å². The highest BCUT2D eigenvalue weighted by Gasteiger charge is 2.31. The van der Waals surface area contributed by atoms with Crippen LogP contribution in [-0.4, -0.2) is 43.0 Å². The quantitative estimate of drug-likeness (QED) is 0.795. The van der Waals surface area contributed by atoms with Crippen LogP contribution >= 0.6 is 11.6 Å². The molecule has 3 nitrogen and oxygen atoms in total. The first-order valence-electron chi connectivity index (χ1n) is 8.27. The summed E-state index contributed by atoms with van der Waals surface area (Å²) < 4.78 is 5.45. The number of carbonyl (C=O) groups is 1. The van der Waals surface area contributed by atoms with Gasteiger partial charge in [-0.1, -0.05) is 11.6 Å². The second-order valence-electron chi connectivity index (χ2n) is 6.50. The number of nitrogens with zero attached hydrogens (tertiary/aromatic N) is 1. The van der Waals surface area contributed by atoms with E-state index in [0.717, 1.165) is 63.1 Å². The summed E-state index contributed by atoms with van der Waals surface area (Å²) in [4.78, 5) is 15.4. The number of Topliss-reactive ketones (excluding diaryl/α,β-unsaturated/α-hetero) is 1. The second kappa shape index (κ2) is 7.12. The maximum Gasteiger partial charge on any atom is 0.167 e. The Bertz CT molecular complexity index is 540. The molecule has 1 atom stereocenters. The fraction of sp³-hybridized carbons (Fsp3) is 0.611. The first-order valence-corrected chi connectivity index (χ1v) is 8.65. The number of benzene rings is 1. The van der Waals surface area contributed by atoms with E-state index in [1.165, 1.54) is 0 Å². The molecule has 120 valence electrons. The van der Waals surface area contributed by atoms with Gasteiger partial charge in [0.05, 0.1) is 0 Å². The van der Waals surface area contributed by atoms with E-state index in [-0.39, 0.29) is 11.7 Å². The lowest BCUT2D eigenvalue weighted by atomic mass is 9.87. The van der Waals surface area contributed by atoms with E-state index in [2.05, 4.69) is 4.90 Å². The molecule has 2 heterocycles. The molecule has 0 amide bonds. The lowest BCUT2D eigenvalue weighted by Crippen LogP contribution is -2.46. The minimum absolute atomic E-state index is 0.122. The van der Waals surface area contributed by atoms with Crippen molar-refractivity contribution in [3.05, 3.63) is 34.3 Å². The SMILES string of the molecule is Cc1cc(Cl)ccc1C(=O)[C@H]1CCCN(C2CCOCC2)C1. The maximum absolute atomic E-state index is 12.9. The Kier molecular flexibility index (Phi) is 5.17. The zero-order valence-corrected chi connectivity index (χ0v) is 13.9. The Balaban J connectivity index is 1.69. The first-order chi connectivity index (χ1) is 10.6. The van der Waals surface area contributed by atoms with Crippen molar-refractivity contribution >= 4 is 17.4 Å². The van der Waals surface area contributed by atoms with E-state index in [1.807, 2.05) is 25.1 Å². The van der Waals surface area contributed by atoms with E-state index in [1.54, 1.807) is 0 Å². The highest BCUT2D eigenvalue weighted by atomic mass is 35.5. The van der Waals surface area contributed by atoms with Crippen molar-refractivity contribution < 1.29 is 9.53 Å². The number of likely N-dealkylation sites (tertiary alicyclic amines) is 1. The smallest absolute Gasteiger partial charge is 0.167 e. The van der Waals surface area contributed by atoms with Gasteiger partial charge in [0, 0.05) is 42.3 Å². The number of carbonyl (C=O) groups excluding carboxylic acids is 1. The van der Waals surface area contributed by atoms with Gasteiger partial charge < -0.3 is 4.74 Å². The normalized spacial score (nSPS) is 24.4. The minimum Gasteiger partial charge on any atom is -0.381 e. The Morgan fingerprint density at radius 2 is 2.05 bits per heavy atom. The molecule has 0 radical (unpaired) electrons. The highest BCUT2D eigenvalue weighted by Crippen LogP contribution is 2.27. The van der Waals surface area contributed by atoms with Gasteiger partial charge in [0.1, 0.15) is 0 Å². The molecule has 0 aromatic heterocycles. The van der Waals surface area contributed by atoms with Gasteiger partial charge in [-0.15, -0.1) is 0 Å². The molecule has 2 fully saturated rings. The standard InChI is InChI=1S/C18H24ClNO2/c1-13-11-15(19)4-5-17(13)18(21)14-3-2-8-20(12-14)16-6-9-22-10-7-16/h4-5,11,14,16H,2-3,6-10,12H2,1H3/t14-/m0/s1. The molecule has 2 saturated heterocycles. The summed E-state index contributed by atoms with van der Waals surface area (Å²) in [5.74, 6) is 0.405. The van der Waals surface area contributed by atoms with E-state index < -0.39 is 0 Å². The van der Waals surface area contributed by atoms with Crippen LogP contribution in [0.1, 0.15) is 41.6 Å². The lowest BCUT2D eigenvalue weighted by molar-refractivity contribution is 0.0183. The van der Waals surface area contributed by atoms with Gasteiger partial charge in [-0.2, -0.15) is 0 Å². The van der Waals surface area contributed by atoms with E-state index in [4.69, 9.17) is 16.3 Å². The average Bonchev–Trinajstić information content (AvgIpc) is 2.55. The highest BCUT2D eigenvalue weighted by molar-refractivity contribution is 6.30. The van der Waals surface area contributed by atoms with E-state index in [9.17, 15) is 4.79 Å². The molecule has 0 aliphatic carbocycles. The van der Waals surface area contributed by atoms with Gasteiger partial charge in [-0.05, 0) is 62.9 Å². The summed E-state index contributed by atoms with van der Waals surface area (Å²) in [5, 5.41) is 0.696. The Labute approximate surface area is 137 Å². The Hall–Kier alpha value is -0.900. The molecule has 2 aliphatic rings. The first kappa shape index (κ1) is 16.0. The van der Waals surface area contributed by atoms with Crippen LogP contribution in [-0.2, 0) is 4.74 Å². The number of ketones is 1. The largest absolute Gasteiger partial charge is 0.381 e. The van der Waals surface area contributed by atoms with Gasteiger partial charge in [-0.3, -0.25) is 9.69 Å². The Morgan fingerprint density at radius 1 is 1.27 bits per heavy atom. The molecule has 0 spiro atoms. The topological polar surface area (TPSA) is 29.5 Å². The number of aryl methyl sites for hydroxylation is 1. The van der Waals surface area contributed by atoms with Crippen LogP contribution in [0.2, 0.25) is 5.02 Å². The Morgan fingerprint density at radius 3 is 2.77 bits per heavy atom. The van der Waals surface area contributed by atoms with Crippen molar-refractivity contribution in [1.82, 2.24) is 4.90 Å². The van der Waals surface area contributed by atoms with E-state index in [0.29, 0.717) is 11.1 Å². The molecule has 0 saturated carbocycles. The summed E-state index contributed by atoms with van der Waals surface area (Å²) in [6, 6.07) is 6.18. The lowest BCUT2D eigenvalue weighted by Gasteiger charge is -2.39. The molecular weight excluding hydrogens is 298 g/mol. The summed E-state index contributed by atoms with van der Waals surface area (Å²) in [6.07, 6.45) is 4.31. The van der Waals surface area contributed by atoms with E-state index >= 15 is 0 Å². The minimum atomic E-state index is 0.122. The fourth-order valence-corrected chi connectivity index (χ4v) is 3.95. The van der Waals surface area contributed by atoms with Crippen LogP contribution in [0, 0.1) is 12.8 Å². The van der Waals surface area contributed by atoms with Crippen molar-refractivity contribution in [3.8, 4) is 0 Å². The third kappa shape index (κ3) is 3.53. The number of rotatable bonds is 3. The molecule has 22 heavy (non-hydrogen) atoms.